The number of ketones is 1. The summed E-state index contributed by atoms with van der Waals surface area (Å²) >= 11 is 3.48. The molecule has 154 valence electrons. The van der Waals surface area contributed by atoms with Gasteiger partial charge in [0.2, 0.25) is 0 Å². The molecule has 1 heterocycles. The largest absolute Gasteiger partial charge is 0.322 e. The number of nitrogens with zero attached hydrogens (tertiary/aromatic N) is 1. The van der Waals surface area contributed by atoms with Gasteiger partial charge in [0.05, 0.1) is 6.04 Å². The zero-order chi connectivity index (χ0) is 21.3. The molecule has 1 aliphatic heterocycles. The van der Waals surface area contributed by atoms with E-state index in [-0.39, 0.29) is 23.3 Å². The van der Waals surface area contributed by atoms with Gasteiger partial charge in [-0.2, -0.15) is 0 Å². The van der Waals surface area contributed by atoms with Crippen molar-refractivity contribution in [1.29, 1.82) is 0 Å². The molecule has 2 aromatic carbocycles. The molecule has 2 aliphatic rings. The summed E-state index contributed by atoms with van der Waals surface area (Å²) in [6, 6.07) is 17.3. The summed E-state index contributed by atoms with van der Waals surface area (Å²) < 4.78 is 0.965. The minimum Gasteiger partial charge on any atom is -0.311 e. The number of halogens is 1. The third kappa shape index (κ3) is 4.26. The predicted molar refractivity (Wildman–Crippen MR) is 123 cm³/mol. The van der Waals surface area contributed by atoms with Crippen LogP contribution in [0.4, 0.5) is 4.79 Å². The Morgan fingerprint density at radius 3 is 2.47 bits per heavy atom. The number of benzene rings is 2. The molecule has 4 nitrogen and oxygen atoms in total. The molecule has 1 unspecified atom stereocenters. The maximum atomic E-state index is 13.2. The lowest BCUT2D eigenvalue weighted by Crippen LogP contribution is -2.51. The number of rotatable bonds is 4. The van der Waals surface area contributed by atoms with E-state index in [4.69, 9.17) is 0 Å². The summed E-state index contributed by atoms with van der Waals surface area (Å²) in [6.45, 7) is 4.56. The van der Waals surface area contributed by atoms with Crippen LogP contribution in [-0.4, -0.2) is 23.3 Å². The van der Waals surface area contributed by atoms with Crippen LogP contribution >= 0.6 is 15.9 Å². The van der Waals surface area contributed by atoms with Crippen molar-refractivity contribution in [2.45, 2.75) is 32.7 Å². The number of hydrogen-bond donors (Lipinski definition) is 1. The van der Waals surface area contributed by atoms with Gasteiger partial charge in [0.1, 0.15) is 0 Å². The molecular formula is C25H25BrN2O2. The zero-order valence-electron chi connectivity index (χ0n) is 17.2. The van der Waals surface area contributed by atoms with E-state index >= 15 is 0 Å². The highest BCUT2D eigenvalue weighted by atomic mass is 79.9. The molecule has 1 atom stereocenters. The summed E-state index contributed by atoms with van der Waals surface area (Å²) in [4.78, 5) is 28.0. The molecule has 0 spiro atoms. The first-order valence-electron chi connectivity index (χ1n) is 10.1. The number of hydrogen-bond acceptors (Lipinski definition) is 2. The summed E-state index contributed by atoms with van der Waals surface area (Å²) in [5.74, 6) is 0.117. The smallest absolute Gasteiger partial charge is 0.311 e. The normalized spacial score (nSPS) is 21.0. The molecule has 4 rings (SSSR count). The third-order valence-corrected chi connectivity index (χ3v) is 6.15. The summed E-state index contributed by atoms with van der Waals surface area (Å²) in [6.07, 6.45) is 5.16. The van der Waals surface area contributed by atoms with Crippen molar-refractivity contribution in [3.63, 3.8) is 0 Å². The monoisotopic (exact) mass is 464 g/mol. The Morgan fingerprint density at radius 2 is 1.77 bits per heavy atom. The first-order chi connectivity index (χ1) is 14.3. The quantitative estimate of drug-likeness (QED) is 0.614. The summed E-state index contributed by atoms with van der Waals surface area (Å²) in [5.41, 5.74) is 3.37. The lowest BCUT2D eigenvalue weighted by Gasteiger charge is -2.43. The Kier molecular flexibility index (Phi) is 5.65. The van der Waals surface area contributed by atoms with Crippen molar-refractivity contribution in [3.8, 4) is 0 Å². The highest BCUT2D eigenvalue weighted by Gasteiger charge is 2.43. The van der Waals surface area contributed by atoms with Gasteiger partial charge in [-0.25, -0.2) is 4.79 Å². The van der Waals surface area contributed by atoms with E-state index < -0.39 is 0 Å². The molecule has 0 saturated heterocycles. The van der Waals surface area contributed by atoms with Gasteiger partial charge in [0, 0.05) is 28.7 Å². The second-order valence-corrected chi connectivity index (χ2v) is 9.60. The highest BCUT2D eigenvalue weighted by Crippen LogP contribution is 2.44. The highest BCUT2D eigenvalue weighted by molar-refractivity contribution is 9.10. The standard InChI is InChI=1S/C25H25BrN2O2/c1-25(2)15-20-22(21(29)16-25)23(18-10-12-19(26)13-11-18)28(24(30)27-20)14-6-9-17-7-4-3-5-8-17/h3-13,23H,14-16H2,1-2H3,(H,27,30)/b9-6+. The molecule has 1 aliphatic carbocycles. The molecular weight excluding hydrogens is 440 g/mol. The van der Waals surface area contributed by atoms with Crippen molar-refractivity contribution in [1.82, 2.24) is 10.2 Å². The minimum absolute atomic E-state index is 0.117. The first kappa shape index (κ1) is 20.6. The van der Waals surface area contributed by atoms with Gasteiger partial charge in [0.25, 0.3) is 0 Å². The number of carbonyl (C=O) groups excluding carboxylic acids is 2. The van der Waals surface area contributed by atoms with Crippen molar-refractivity contribution in [2.24, 2.45) is 5.41 Å². The molecule has 30 heavy (non-hydrogen) atoms. The molecule has 2 amide bonds. The number of allylic oxidation sites excluding steroid dienone is 1. The average Bonchev–Trinajstić information content (AvgIpc) is 2.69. The van der Waals surface area contributed by atoms with Gasteiger partial charge >= 0.3 is 6.03 Å². The van der Waals surface area contributed by atoms with Crippen LogP contribution in [0.2, 0.25) is 0 Å². The minimum atomic E-state index is -0.383. The maximum absolute atomic E-state index is 13.2. The van der Waals surface area contributed by atoms with Crippen LogP contribution in [0.5, 0.6) is 0 Å². The zero-order valence-corrected chi connectivity index (χ0v) is 18.8. The second kappa shape index (κ2) is 8.23. The maximum Gasteiger partial charge on any atom is 0.322 e. The van der Waals surface area contributed by atoms with Crippen LogP contribution in [-0.2, 0) is 4.79 Å². The van der Waals surface area contributed by atoms with E-state index in [1.54, 1.807) is 4.90 Å². The van der Waals surface area contributed by atoms with Crippen LogP contribution in [0.1, 0.15) is 43.9 Å². The van der Waals surface area contributed by atoms with Crippen LogP contribution in [0, 0.1) is 5.41 Å². The number of carbonyl (C=O) groups is 2. The molecule has 5 heteroatoms. The topological polar surface area (TPSA) is 49.4 Å². The fourth-order valence-corrected chi connectivity index (χ4v) is 4.55. The van der Waals surface area contributed by atoms with Gasteiger partial charge < -0.3 is 10.2 Å². The van der Waals surface area contributed by atoms with E-state index in [0.717, 1.165) is 26.9 Å². The fraction of sp³-hybridized carbons (Fsp3) is 0.280. The Hall–Kier alpha value is -2.66. The number of nitrogens with one attached hydrogen (secondary N) is 1. The first-order valence-corrected chi connectivity index (χ1v) is 10.9. The SMILES string of the molecule is CC1(C)CC(=O)C2=C(C1)NC(=O)N(C/C=C/c1ccccc1)C2c1ccc(Br)cc1. The van der Waals surface area contributed by atoms with E-state index in [1.807, 2.05) is 66.7 Å². The Labute approximate surface area is 185 Å². The van der Waals surface area contributed by atoms with E-state index in [2.05, 4.69) is 35.1 Å². The molecule has 0 fully saturated rings. The van der Waals surface area contributed by atoms with Gasteiger partial charge in [-0.3, -0.25) is 4.79 Å². The fourth-order valence-electron chi connectivity index (χ4n) is 4.28. The molecule has 1 N–H and O–H groups in total. The summed E-state index contributed by atoms with van der Waals surface area (Å²) in [7, 11) is 0. The van der Waals surface area contributed by atoms with Crippen LogP contribution in [0.25, 0.3) is 6.08 Å². The van der Waals surface area contributed by atoms with Gasteiger partial charge in [-0.15, -0.1) is 0 Å². The predicted octanol–water partition coefficient (Wildman–Crippen LogP) is 5.87. The van der Waals surface area contributed by atoms with Crippen molar-refractivity contribution < 1.29 is 9.59 Å². The number of Topliss-reactive ketones (excluding diaryl/α,β-unsaturated/α-hetero) is 1. The van der Waals surface area contributed by atoms with Crippen LogP contribution in [0.15, 0.2) is 76.4 Å². The number of urea groups is 1. The van der Waals surface area contributed by atoms with E-state index in [9.17, 15) is 9.59 Å². The van der Waals surface area contributed by atoms with Gasteiger partial charge in [0.15, 0.2) is 5.78 Å². The van der Waals surface area contributed by atoms with E-state index in [1.165, 1.54) is 0 Å². The average molecular weight is 465 g/mol. The Morgan fingerprint density at radius 1 is 1.07 bits per heavy atom. The molecule has 2 aromatic rings. The number of amides is 2. The van der Waals surface area contributed by atoms with Crippen molar-refractivity contribution in [2.75, 3.05) is 6.54 Å². The van der Waals surface area contributed by atoms with E-state index in [0.29, 0.717) is 19.4 Å². The van der Waals surface area contributed by atoms with Crippen molar-refractivity contribution >= 4 is 33.8 Å². The lowest BCUT2D eigenvalue weighted by molar-refractivity contribution is -0.119. The Bertz CT molecular complexity index is 1020. The molecule has 0 saturated carbocycles. The van der Waals surface area contributed by atoms with Gasteiger partial charge in [-0.1, -0.05) is 84.4 Å². The Balaban J connectivity index is 1.72. The second-order valence-electron chi connectivity index (χ2n) is 8.68. The molecule has 0 radical (unpaired) electrons. The van der Waals surface area contributed by atoms with Crippen LogP contribution < -0.4 is 5.32 Å². The van der Waals surface area contributed by atoms with Gasteiger partial charge in [-0.05, 0) is 35.1 Å². The third-order valence-electron chi connectivity index (χ3n) is 5.62. The molecule has 0 bridgehead atoms. The van der Waals surface area contributed by atoms with Crippen LogP contribution in [0.3, 0.4) is 0 Å². The molecule has 0 aromatic heterocycles. The summed E-state index contributed by atoms with van der Waals surface area (Å²) in [5, 5.41) is 3.02. The lowest BCUT2D eigenvalue weighted by atomic mass is 9.72. The van der Waals surface area contributed by atoms with Crippen molar-refractivity contribution in [3.05, 3.63) is 87.5 Å².